The molecule has 5 heteroatoms. The molecule has 5 nitrogen and oxygen atoms in total. The van der Waals surface area contributed by atoms with Crippen LogP contribution >= 0.6 is 0 Å². The second-order valence-corrected chi connectivity index (χ2v) is 6.69. The van der Waals surface area contributed by atoms with E-state index in [2.05, 4.69) is 4.98 Å². The molecule has 0 bridgehead atoms. The number of methoxy groups -OCH3 is 1. The Morgan fingerprint density at radius 1 is 1.07 bits per heavy atom. The van der Waals surface area contributed by atoms with Gasteiger partial charge in [-0.15, -0.1) is 0 Å². The molecule has 1 aromatic heterocycles. The molecule has 2 heterocycles. The number of pyridine rings is 1. The Bertz CT molecular complexity index is 1000. The predicted molar refractivity (Wildman–Crippen MR) is 106 cm³/mol. The fourth-order valence-corrected chi connectivity index (χ4v) is 3.55. The van der Waals surface area contributed by atoms with Crippen LogP contribution in [0.2, 0.25) is 0 Å². The van der Waals surface area contributed by atoms with Crippen molar-refractivity contribution in [3.8, 4) is 17.0 Å². The number of aromatic nitrogens is 1. The van der Waals surface area contributed by atoms with Gasteiger partial charge in [-0.3, -0.25) is 19.5 Å². The number of benzene rings is 2. The van der Waals surface area contributed by atoms with Crippen molar-refractivity contribution in [1.82, 2.24) is 9.88 Å². The van der Waals surface area contributed by atoms with Crippen molar-refractivity contribution in [3.63, 3.8) is 0 Å². The van der Waals surface area contributed by atoms with Crippen LogP contribution in [-0.4, -0.2) is 28.8 Å². The lowest BCUT2D eigenvalue weighted by Gasteiger charge is -2.24. The zero-order valence-electron chi connectivity index (χ0n) is 15.5. The van der Waals surface area contributed by atoms with Crippen LogP contribution < -0.4 is 4.74 Å². The van der Waals surface area contributed by atoms with Gasteiger partial charge in [0, 0.05) is 23.7 Å². The van der Waals surface area contributed by atoms with E-state index in [9.17, 15) is 9.59 Å². The Morgan fingerprint density at radius 2 is 1.82 bits per heavy atom. The Kier molecular flexibility index (Phi) is 4.89. The molecule has 1 saturated heterocycles. The van der Waals surface area contributed by atoms with Gasteiger partial charge >= 0.3 is 0 Å². The Labute approximate surface area is 163 Å². The Morgan fingerprint density at radius 3 is 2.54 bits per heavy atom. The molecule has 0 unspecified atom stereocenters. The van der Waals surface area contributed by atoms with E-state index in [1.165, 1.54) is 4.90 Å². The van der Waals surface area contributed by atoms with Gasteiger partial charge in [0.1, 0.15) is 5.75 Å². The lowest BCUT2D eigenvalue weighted by molar-refractivity contribution is -0.126. The lowest BCUT2D eigenvalue weighted by Crippen LogP contribution is -2.34. The molecule has 140 valence electrons. The zero-order chi connectivity index (χ0) is 19.5. The largest absolute Gasteiger partial charge is 0.497 e. The summed E-state index contributed by atoms with van der Waals surface area (Å²) >= 11 is 0. The van der Waals surface area contributed by atoms with Crippen molar-refractivity contribution < 1.29 is 14.3 Å². The number of hydrogen-bond donors (Lipinski definition) is 0. The molecule has 4 rings (SSSR count). The average molecular weight is 372 g/mol. The number of hydrogen-bond acceptors (Lipinski definition) is 4. The van der Waals surface area contributed by atoms with Crippen molar-refractivity contribution in [1.29, 1.82) is 0 Å². The molecule has 0 aliphatic carbocycles. The van der Waals surface area contributed by atoms with Crippen molar-refractivity contribution in [2.75, 3.05) is 7.11 Å². The number of nitrogens with zero attached hydrogens (tertiary/aromatic N) is 2. The molecule has 1 atom stereocenters. The smallest absolute Gasteiger partial charge is 0.261 e. The van der Waals surface area contributed by atoms with E-state index >= 15 is 0 Å². The third-order valence-electron chi connectivity index (χ3n) is 5.01. The fourth-order valence-electron chi connectivity index (χ4n) is 3.55. The van der Waals surface area contributed by atoms with Gasteiger partial charge in [-0.25, -0.2) is 0 Å². The zero-order valence-corrected chi connectivity index (χ0v) is 15.5. The number of ether oxygens (including phenoxy) is 1. The van der Waals surface area contributed by atoms with Crippen LogP contribution in [0.1, 0.15) is 34.8 Å². The number of imide groups is 1. The van der Waals surface area contributed by atoms with Crippen molar-refractivity contribution >= 4 is 11.8 Å². The SMILES string of the molecule is COc1ccc(C(=O)N2C(=O)CC[C@@H]2c2ccnc(-c3ccccc3)c2)cc1. The summed E-state index contributed by atoms with van der Waals surface area (Å²) in [5.74, 6) is 0.236. The summed E-state index contributed by atoms with van der Waals surface area (Å²) in [6.07, 6.45) is 2.70. The third kappa shape index (κ3) is 3.39. The summed E-state index contributed by atoms with van der Waals surface area (Å²) in [5, 5.41) is 0. The minimum atomic E-state index is -0.285. The first-order valence-electron chi connectivity index (χ1n) is 9.19. The van der Waals surface area contributed by atoms with E-state index in [1.807, 2.05) is 42.5 Å². The maximum atomic E-state index is 13.0. The van der Waals surface area contributed by atoms with Gasteiger partial charge in [-0.1, -0.05) is 30.3 Å². The van der Waals surface area contributed by atoms with Crippen LogP contribution in [0, 0.1) is 0 Å². The minimum Gasteiger partial charge on any atom is -0.497 e. The highest BCUT2D eigenvalue weighted by molar-refractivity contribution is 6.06. The summed E-state index contributed by atoms with van der Waals surface area (Å²) in [6, 6.07) is 20.2. The molecule has 0 saturated carbocycles. The maximum Gasteiger partial charge on any atom is 0.261 e. The summed E-state index contributed by atoms with van der Waals surface area (Å²) in [6.45, 7) is 0. The molecule has 1 fully saturated rings. The molecular weight excluding hydrogens is 352 g/mol. The van der Waals surface area contributed by atoms with Crippen LogP contribution in [0.5, 0.6) is 5.75 Å². The highest BCUT2D eigenvalue weighted by atomic mass is 16.5. The molecule has 1 aliphatic heterocycles. The molecular formula is C23H20N2O3. The van der Waals surface area contributed by atoms with Crippen LogP contribution in [0.25, 0.3) is 11.3 Å². The van der Waals surface area contributed by atoms with Gasteiger partial charge < -0.3 is 4.74 Å². The van der Waals surface area contributed by atoms with E-state index < -0.39 is 0 Å². The van der Waals surface area contributed by atoms with E-state index in [4.69, 9.17) is 4.74 Å². The molecule has 0 N–H and O–H groups in total. The van der Waals surface area contributed by atoms with E-state index in [1.54, 1.807) is 37.6 Å². The fraction of sp³-hybridized carbons (Fsp3) is 0.174. The van der Waals surface area contributed by atoms with Gasteiger partial charge in [0.2, 0.25) is 5.91 Å². The lowest BCUT2D eigenvalue weighted by atomic mass is 10.0. The molecule has 1 aliphatic rings. The predicted octanol–water partition coefficient (Wildman–Crippen LogP) is 4.26. The summed E-state index contributed by atoms with van der Waals surface area (Å²) in [4.78, 5) is 31.4. The maximum absolute atomic E-state index is 13.0. The van der Waals surface area contributed by atoms with Crippen LogP contribution in [0.15, 0.2) is 72.9 Å². The first-order chi connectivity index (χ1) is 13.7. The van der Waals surface area contributed by atoms with Crippen LogP contribution in [-0.2, 0) is 4.79 Å². The molecule has 28 heavy (non-hydrogen) atoms. The first-order valence-corrected chi connectivity index (χ1v) is 9.19. The molecule has 2 aromatic carbocycles. The number of carbonyl (C=O) groups excluding carboxylic acids is 2. The van der Waals surface area contributed by atoms with E-state index in [0.29, 0.717) is 24.2 Å². The van der Waals surface area contributed by atoms with Crippen LogP contribution in [0.4, 0.5) is 0 Å². The monoisotopic (exact) mass is 372 g/mol. The topological polar surface area (TPSA) is 59.5 Å². The molecule has 3 aromatic rings. The highest BCUT2D eigenvalue weighted by Crippen LogP contribution is 2.35. The summed E-state index contributed by atoms with van der Waals surface area (Å²) in [7, 11) is 1.57. The number of rotatable bonds is 4. The van der Waals surface area contributed by atoms with Crippen molar-refractivity contribution in [3.05, 3.63) is 84.1 Å². The van der Waals surface area contributed by atoms with Gasteiger partial charge in [0.15, 0.2) is 0 Å². The average Bonchev–Trinajstić information content (AvgIpc) is 3.15. The second kappa shape index (κ2) is 7.64. The second-order valence-electron chi connectivity index (χ2n) is 6.69. The number of likely N-dealkylation sites (tertiary alicyclic amines) is 1. The van der Waals surface area contributed by atoms with Gasteiger partial charge in [-0.05, 0) is 48.4 Å². The van der Waals surface area contributed by atoms with Gasteiger partial charge in [0.25, 0.3) is 5.91 Å². The summed E-state index contributed by atoms with van der Waals surface area (Å²) in [5.41, 5.74) is 3.22. The number of amides is 2. The Balaban J connectivity index is 1.65. The van der Waals surface area contributed by atoms with Crippen molar-refractivity contribution in [2.45, 2.75) is 18.9 Å². The first kappa shape index (κ1) is 17.9. The van der Waals surface area contributed by atoms with Gasteiger partial charge in [0.05, 0.1) is 18.8 Å². The molecule has 0 spiro atoms. The van der Waals surface area contributed by atoms with E-state index in [0.717, 1.165) is 16.8 Å². The van der Waals surface area contributed by atoms with Gasteiger partial charge in [-0.2, -0.15) is 0 Å². The third-order valence-corrected chi connectivity index (χ3v) is 5.01. The quantitative estimate of drug-likeness (QED) is 0.642. The summed E-state index contributed by atoms with van der Waals surface area (Å²) < 4.78 is 5.14. The Hall–Kier alpha value is -3.47. The molecule has 0 radical (unpaired) electrons. The number of carbonyl (C=O) groups is 2. The highest BCUT2D eigenvalue weighted by Gasteiger charge is 2.37. The normalized spacial score (nSPS) is 16.2. The van der Waals surface area contributed by atoms with Crippen LogP contribution in [0.3, 0.4) is 0 Å². The van der Waals surface area contributed by atoms with E-state index in [-0.39, 0.29) is 17.9 Å². The molecule has 2 amide bonds. The standard InChI is InChI=1S/C23H20N2O3/c1-28-19-9-7-17(8-10-19)23(27)25-21(11-12-22(25)26)18-13-14-24-20(15-18)16-5-3-2-4-6-16/h2-10,13-15,21H,11-12H2,1H3/t21-/m1/s1. The minimum absolute atomic E-state index is 0.149. The van der Waals surface area contributed by atoms with Crippen molar-refractivity contribution in [2.24, 2.45) is 0 Å².